The Labute approximate surface area is 200 Å². The molecule has 1 fully saturated rings. The number of benzene rings is 2. The number of hydrogen-bond donors (Lipinski definition) is 1. The molecule has 0 atom stereocenters. The fraction of sp³-hybridized carbons (Fsp3) is 0.217. The first kappa shape index (κ1) is 21.9. The maximum absolute atomic E-state index is 13.5. The first-order valence-electron chi connectivity index (χ1n) is 10.1. The minimum absolute atomic E-state index is 0. The zero-order valence-electron chi connectivity index (χ0n) is 16.6. The molecule has 31 heavy (non-hydrogen) atoms. The Kier molecular flexibility index (Phi) is 6.42. The highest BCUT2D eigenvalue weighted by Gasteiger charge is 2.20. The third-order valence-corrected chi connectivity index (χ3v) is 6.03. The third-order valence-electron chi connectivity index (χ3n) is 5.48. The predicted molar refractivity (Wildman–Crippen MR) is 132 cm³/mol. The second-order valence-corrected chi connectivity index (χ2v) is 8.31. The van der Waals surface area contributed by atoms with Crippen LogP contribution in [0, 0.1) is 0 Å². The van der Waals surface area contributed by atoms with Gasteiger partial charge in [0.2, 0.25) is 0 Å². The van der Waals surface area contributed by atoms with Crippen molar-refractivity contribution in [3.8, 4) is 16.9 Å². The summed E-state index contributed by atoms with van der Waals surface area (Å²) in [6, 6.07) is 15.0. The van der Waals surface area contributed by atoms with Gasteiger partial charge in [-0.25, -0.2) is 14.2 Å². The van der Waals surface area contributed by atoms with Gasteiger partial charge < -0.3 is 5.32 Å². The molecule has 2 aromatic heterocycles. The fourth-order valence-corrected chi connectivity index (χ4v) is 4.55. The molecule has 0 aliphatic carbocycles. The summed E-state index contributed by atoms with van der Waals surface area (Å²) >= 11 is 12.5. The molecule has 1 aliphatic rings. The van der Waals surface area contributed by atoms with Crippen molar-refractivity contribution in [3.05, 3.63) is 80.3 Å². The molecular formula is C23H21BrCl2N4O. The minimum Gasteiger partial charge on any atom is -0.388 e. The Morgan fingerprint density at radius 1 is 1.00 bits per heavy atom. The molecule has 0 radical (unpaired) electrons. The van der Waals surface area contributed by atoms with Gasteiger partial charge in [-0.1, -0.05) is 47.8 Å². The quantitative estimate of drug-likeness (QED) is 0.404. The molecule has 1 aliphatic heterocycles. The van der Waals surface area contributed by atoms with Crippen molar-refractivity contribution >= 4 is 51.5 Å². The molecule has 0 amide bonds. The maximum atomic E-state index is 13.5. The number of fused-ring (bicyclic) bond motifs is 1. The van der Waals surface area contributed by atoms with E-state index in [2.05, 4.69) is 5.32 Å². The summed E-state index contributed by atoms with van der Waals surface area (Å²) in [6.07, 6.45) is 6.02. The van der Waals surface area contributed by atoms with Gasteiger partial charge in [0.05, 0.1) is 22.6 Å². The number of nitrogens with one attached hydrogen (secondary N) is 1. The predicted octanol–water partition coefficient (Wildman–Crippen LogP) is 5.03. The summed E-state index contributed by atoms with van der Waals surface area (Å²) in [7, 11) is 0. The van der Waals surface area contributed by atoms with E-state index >= 15 is 0 Å². The number of rotatable bonds is 2. The number of halogens is 3. The van der Waals surface area contributed by atoms with Crippen molar-refractivity contribution < 1.29 is 0 Å². The van der Waals surface area contributed by atoms with E-state index in [1.165, 1.54) is 0 Å². The second kappa shape index (κ2) is 9.07. The Balaban J connectivity index is 0.00000231. The normalized spacial score (nSPS) is 15.9. The Hall–Kier alpha value is -2.28. The largest absolute Gasteiger partial charge is 0.388 e. The second-order valence-electron chi connectivity index (χ2n) is 7.46. The van der Waals surface area contributed by atoms with Crippen LogP contribution in [0.3, 0.4) is 0 Å². The maximum Gasteiger partial charge on any atom is 0.283 e. The molecule has 4 aromatic rings. The van der Waals surface area contributed by atoms with E-state index in [-0.39, 0.29) is 22.5 Å². The monoisotopic (exact) mass is 518 g/mol. The molecule has 3 heterocycles. The van der Waals surface area contributed by atoms with Gasteiger partial charge in [0, 0.05) is 22.8 Å². The van der Waals surface area contributed by atoms with Gasteiger partial charge >= 0.3 is 0 Å². The Bertz CT molecular complexity index is 1340. The summed E-state index contributed by atoms with van der Waals surface area (Å²) < 4.78 is 3.50. The molecule has 160 valence electrons. The van der Waals surface area contributed by atoms with E-state index in [1.807, 2.05) is 47.1 Å². The van der Waals surface area contributed by atoms with Gasteiger partial charge in [-0.05, 0) is 49.6 Å². The molecule has 0 saturated carbocycles. The molecule has 5 rings (SSSR count). The van der Waals surface area contributed by atoms with Crippen LogP contribution in [-0.4, -0.2) is 20.7 Å². The lowest BCUT2D eigenvalue weighted by molar-refractivity contribution is 0.721. The Morgan fingerprint density at radius 3 is 2.58 bits per heavy atom. The zero-order valence-corrected chi connectivity index (χ0v) is 19.9. The number of nitrogens with zero attached hydrogens (tertiary/aromatic N) is 3. The highest BCUT2D eigenvalue weighted by Crippen LogP contribution is 2.29. The zero-order chi connectivity index (χ0) is 20.7. The van der Waals surface area contributed by atoms with E-state index in [1.54, 1.807) is 16.8 Å². The van der Waals surface area contributed by atoms with Crippen molar-refractivity contribution in [2.75, 3.05) is 6.54 Å². The highest BCUT2D eigenvalue weighted by molar-refractivity contribution is 8.93. The molecule has 0 bridgehead atoms. The summed E-state index contributed by atoms with van der Waals surface area (Å²) in [5.41, 5.74) is 3.81. The van der Waals surface area contributed by atoms with Crippen LogP contribution in [-0.2, 0) is 0 Å². The first-order valence-corrected chi connectivity index (χ1v) is 10.8. The Morgan fingerprint density at radius 2 is 1.81 bits per heavy atom. The van der Waals surface area contributed by atoms with E-state index in [0.29, 0.717) is 26.6 Å². The minimum atomic E-state index is -0.0677. The van der Waals surface area contributed by atoms with E-state index in [4.69, 9.17) is 28.2 Å². The van der Waals surface area contributed by atoms with Crippen molar-refractivity contribution in [1.82, 2.24) is 19.5 Å². The first-order chi connectivity index (χ1) is 14.6. The standard InChI is InChI=1S/C23H20Cl2N4O.BrH/c24-15-10-11-17(18(25)13-15)20-14-28-22(27-20)21(19-9-5-2-6-12-26-19)23(30)29(28)16-7-3-1-4-8-16;/h1,3-4,7-8,10-11,13-14,26H,2,5-6,9,12H2;1H/b21-19+;. The molecule has 2 aromatic carbocycles. The van der Waals surface area contributed by atoms with Crippen LogP contribution < -0.4 is 16.1 Å². The van der Waals surface area contributed by atoms with Gasteiger partial charge in [-0.2, -0.15) is 0 Å². The van der Waals surface area contributed by atoms with Crippen molar-refractivity contribution in [3.63, 3.8) is 0 Å². The van der Waals surface area contributed by atoms with Gasteiger partial charge in [0.15, 0.2) is 5.65 Å². The van der Waals surface area contributed by atoms with Crippen molar-refractivity contribution in [2.45, 2.75) is 25.7 Å². The van der Waals surface area contributed by atoms with Crippen LogP contribution in [0.1, 0.15) is 25.7 Å². The molecular weight excluding hydrogens is 499 g/mol. The molecule has 5 nitrogen and oxygen atoms in total. The summed E-state index contributed by atoms with van der Waals surface area (Å²) in [5.74, 6) is 0. The average molecular weight is 520 g/mol. The van der Waals surface area contributed by atoms with Gasteiger partial charge in [0.25, 0.3) is 5.56 Å². The highest BCUT2D eigenvalue weighted by atomic mass is 79.9. The molecule has 0 spiro atoms. The van der Waals surface area contributed by atoms with Crippen LogP contribution in [0.5, 0.6) is 0 Å². The van der Waals surface area contributed by atoms with E-state index in [9.17, 15) is 4.79 Å². The van der Waals surface area contributed by atoms with Gasteiger partial charge in [-0.15, -0.1) is 17.0 Å². The summed E-state index contributed by atoms with van der Waals surface area (Å²) in [4.78, 5) is 18.4. The van der Waals surface area contributed by atoms with Crippen molar-refractivity contribution in [1.29, 1.82) is 0 Å². The van der Waals surface area contributed by atoms with Gasteiger partial charge in [-0.3, -0.25) is 4.79 Å². The van der Waals surface area contributed by atoms with E-state index < -0.39 is 0 Å². The fourth-order valence-electron chi connectivity index (χ4n) is 4.04. The third kappa shape index (κ3) is 4.00. The lowest BCUT2D eigenvalue weighted by Crippen LogP contribution is -2.33. The SMILES string of the molecule is Br.O=c1/c(=C2\CCCCCN2)c2nc(-c3ccc(Cl)cc3Cl)cn2n1-c1ccccc1. The van der Waals surface area contributed by atoms with Crippen LogP contribution in [0.4, 0.5) is 0 Å². The molecule has 8 heteroatoms. The topological polar surface area (TPSA) is 51.3 Å². The average Bonchev–Trinajstić information content (AvgIpc) is 3.11. The van der Waals surface area contributed by atoms with E-state index in [0.717, 1.165) is 49.2 Å². The van der Waals surface area contributed by atoms with Crippen LogP contribution in [0.2, 0.25) is 10.0 Å². The van der Waals surface area contributed by atoms with Crippen LogP contribution in [0.25, 0.3) is 28.3 Å². The number of aromatic nitrogens is 3. The molecule has 1 saturated heterocycles. The summed E-state index contributed by atoms with van der Waals surface area (Å²) in [6.45, 7) is 0.869. The number of para-hydroxylation sites is 1. The lowest BCUT2D eigenvalue weighted by Gasteiger charge is -2.04. The summed E-state index contributed by atoms with van der Waals surface area (Å²) in [5, 5.41) is 5.20. The molecule has 1 N–H and O–H groups in total. The van der Waals surface area contributed by atoms with Crippen LogP contribution >= 0.6 is 40.2 Å². The smallest absolute Gasteiger partial charge is 0.283 e. The lowest BCUT2D eigenvalue weighted by atomic mass is 10.1. The number of hydrogen-bond acceptors (Lipinski definition) is 3. The van der Waals surface area contributed by atoms with Gasteiger partial charge in [0.1, 0.15) is 5.22 Å². The molecule has 0 unspecified atom stereocenters. The van der Waals surface area contributed by atoms with Crippen molar-refractivity contribution in [2.24, 2.45) is 0 Å². The van der Waals surface area contributed by atoms with Crippen LogP contribution in [0.15, 0.2) is 59.5 Å². The number of imidazole rings is 1.